The molecule has 0 saturated carbocycles. The van der Waals surface area contributed by atoms with Gasteiger partial charge in [-0.1, -0.05) is 52.0 Å². The molecule has 0 amide bonds. The molecule has 3 heterocycles. The van der Waals surface area contributed by atoms with Crippen molar-refractivity contribution in [1.29, 1.82) is 0 Å². The van der Waals surface area contributed by atoms with E-state index in [1.54, 1.807) is 37.3 Å². The zero-order valence-electron chi connectivity index (χ0n) is 32.1. The van der Waals surface area contributed by atoms with Crippen LogP contribution in [0.1, 0.15) is 80.6 Å². The standard InChI is InChI=1S/C41H42F7N5O4/c1-7-23-10-9-11-24(8-2)33(23)53-34(27-14-15-31(42)35-28(27)16-17-52(35)38(55)57-21-56-37(54)32(49)22(3)4)29-20-51(39(5,6)36(29)50-53)19-25-12-13-26(40(43,44)45)18-30(25)41(46,47)48/h9-18,22,32H,7-8,19-21,49H2,1-6H3. The Balaban J connectivity index is 1.48. The van der Waals surface area contributed by atoms with Gasteiger partial charge in [0.2, 0.25) is 6.79 Å². The third kappa shape index (κ3) is 7.64. The first kappa shape index (κ1) is 41.4. The minimum Gasteiger partial charge on any atom is -0.427 e. The second kappa shape index (κ2) is 15.3. The van der Waals surface area contributed by atoms with Crippen molar-refractivity contribution >= 4 is 23.0 Å². The van der Waals surface area contributed by atoms with E-state index in [0.717, 1.165) is 27.4 Å². The summed E-state index contributed by atoms with van der Waals surface area (Å²) in [6.07, 6.45) is -8.54. The van der Waals surface area contributed by atoms with Crippen LogP contribution in [-0.4, -0.2) is 44.1 Å². The number of alkyl halides is 6. The van der Waals surface area contributed by atoms with E-state index < -0.39 is 59.7 Å². The Kier molecular flexibility index (Phi) is 11.1. The van der Waals surface area contributed by atoms with Gasteiger partial charge in [-0.2, -0.15) is 31.4 Å². The molecule has 0 bridgehead atoms. The van der Waals surface area contributed by atoms with Crippen LogP contribution in [0.2, 0.25) is 0 Å². The molecular weight excluding hydrogens is 759 g/mol. The summed E-state index contributed by atoms with van der Waals surface area (Å²) in [5.74, 6) is -1.79. The van der Waals surface area contributed by atoms with Crippen LogP contribution >= 0.6 is 0 Å². The van der Waals surface area contributed by atoms with Gasteiger partial charge < -0.3 is 15.2 Å². The summed E-state index contributed by atoms with van der Waals surface area (Å²) < 4.78 is 112. The Morgan fingerprint density at radius 1 is 0.912 bits per heavy atom. The van der Waals surface area contributed by atoms with Gasteiger partial charge in [0.25, 0.3) is 0 Å². The van der Waals surface area contributed by atoms with Crippen LogP contribution in [0.3, 0.4) is 0 Å². The number of aryl methyl sites for hydroxylation is 2. The van der Waals surface area contributed by atoms with E-state index in [-0.39, 0.29) is 41.5 Å². The smallest absolute Gasteiger partial charge is 0.421 e. The van der Waals surface area contributed by atoms with Gasteiger partial charge in [-0.05, 0) is 79.6 Å². The van der Waals surface area contributed by atoms with Crippen LogP contribution < -0.4 is 5.73 Å². The molecule has 0 spiro atoms. The number of fused-ring (bicyclic) bond motifs is 2. The van der Waals surface area contributed by atoms with Crippen molar-refractivity contribution in [2.24, 2.45) is 11.7 Å². The van der Waals surface area contributed by atoms with Gasteiger partial charge in [0.1, 0.15) is 11.9 Å². The maximum Gasteiger partial charge on any atom is 0.421 e. The van der Waals surface area contributed by atoms with E-state index in [0.29, 0.717) is 41.4 Å². The number of halogens is 7. The number of hydrogen-bond acceptors (Lipinski definition) is 7. The van der Waals surface area contributed by atoms with Crippen molar-refractivity contribution in [2.75, 3.05) is 6.79 Å². The highest BCUT2D eigenvalue weighted by molar-refractivity contribution is 6.00. The Bertz CT molecular complexity index is 2320. The number of para-hydroxylation sites is 1. The fourth-order valence-corrected chi connectivity index (χ4v) is 7.32. The number of aromatic nitrogens is 3. The van der Waals surface area contributed by atoms with Crippen molar-refractivity contribution in [3.8, 4) is 16.9 Å². The summed E-state index contributed by atoms with van der Waals surface area (Å²) in [4.78, 5) is 27.2. The molecule has 0 fully saturated rings. The van der Waals surface area contributed by atoms with Crippen LogP contribution in [0.5, 0.6) is 0 Å². The topological polar surface area (TPSA) is 105 Å². The predicted molar refractivity (Wildman–Crippen MR) is 198 cm³/mol. The summed E-state index contributed by atoms with van der Waals surface area (Å²) in [5.41, 5.74) is 6.16. The van der Waals surface area contributed by atoms with Crippen molar-refractivity contribution < 1.29 is 49.8 Å². The third-order valence-corrected chi connectivity index (χ3v) is 10.6. The molecule has 1 aliphatic heterocycles. The lowest BCUT2D eigenvalue weighted by molar-refractivity contribution is -0.154. The second-order valence-corrected chi connectivity index (χ2v) is 14.8. The molecule has 0 saturated heterocycles. The number of esters is 1. The number of carbonyl (C=O) groups excluding carboxylic acids is 2. The molecule has 2 N–H and O–H groups in total. The summed E-state index contributed by atoms with van der Waals surface area (Å²) in [6, 6.07) is 10.8. The molecule has 9 nitrogen and oxygen atoms in total. The zero-order valence-corrected chi connectivity index (χ0v) is 32.1. The normalized spacial score (nSPS) is 15.0. The fourth-order valence-electron chi connectivity index (χ4n) is 7.32. The number of rotatable bonds is 10. The minimum atomic E-state index is -5.06. The van der Waals surface area contributed by atoms with E-state index in [9.17, 15) is 35.9 Å². The molecule has 2 aromatic heterocycles. The van der Waals surface area contributed by atoms with Crippen LogP contribution in [0.4, 0.5) is 35.5 Å². The molecule has 16 heteroatoms. The van der Waals surface area contributed by atoms with Crippen LogP contribution in [0, 0.1) is 11.7 Å². The molecular formula is C41H42F7N5O4. The van der Waals surface area contributed by atoms with Crippen LogP contribution in [0.15, 0.2) is 60.8 Å². The number of nitrogens with two attached hydrogens (primary N) is 1. The third-order valence-electron chi connectivity index (χ3n) is 10.6. The molecule has 0 aliphatic carbocycles. The lowest BCUT2D eigenvalue weighted by atomic mass is 9.96. The average molecular weight is 802 g/mol. The van der Waals surface area contributed by atoms with Crippen molar-refractivity contribution in [3.63, 3.8) is 0 Å². The molecule has 3 aromatic carbocycles. The monoisotopic (exact) mass is 801 g/mol. The van der Waals surface area contributed by atoms with Gasteiger partial charge in [0.15, 0.2) is 0 Å². The van der Waals surface area contributed by atoms with E-state index in [1.165, 1.54) is 24.4 Å². The molecule has 5 aromatic rings. The van der Waals surface area contributed by atoms with Crippen molar-refractivity contribution in [3.05, 3.63) is 106 Å². The van der Waals surface area contributed by atoms with E-state index in [4.69, 9.17) is 20.3 Å². The predicted octanol–water partition coefficient (Wildman–Crippen LogP) is 9.52. The van der Waals surface area contributed by atoms with Gasteiger partial charge in [0.05, 0.1) is 39.3 Å². The van der Waals surface area contributed by atoms with Gasteiger partial charge in [0, 0.05) is 35.8 Å². The molecule has 304 valence electrons. The number of carbonyl (C=O) groups is 2. The molecule has 1 atom stereocenters. The first-order valence-electron chi connectivity index (χ1n) is 18.4. The summed E-state index contributed by atoms with van der Waals surface area (Å²) in [6.45, 7) is 9.85. The summed E-state index contributed by atoms with van der Waals surface area (Å²) >= 11 is 0. The Hall–Kier alpha value is -5.22. The highest BCUT2D eigenvalue weighted by Gasteiger charge is 2.45. The highest BCUT2D eigenvalue weighted by Crippen LogP contribution is 2.47. The lowest BCUT2D eigenvalue weighted by Gasteiger charge is -2.33. The highest BCUT2D eigenvalue weighted by atomic mass is 19.4. The molecule has 1 unspecified atom stereocenters. The first-order chi connectivity index (χ1) is 26.7. The van der Waals surface area contributed by atoms with Gasteiger partial charge in [-0.3, -0.25) is 9.69 Å². The lowest BCUT2D eigenvalue weighted by Crippen LogP contribution is -2.37. The van der Waals surface area contributed by atoms with Gasteiger partial charge in [-0.25, -0.2) is 18.4 Å². The van der Waals surface area contributed by atoms with E-state index in [2.05, 4.69) is 0 Å². The van der Waals surface area contributed by atoms with Gasteiger partial charge >= 0.3 is 24.4 Å². The minimum absolute atomic E-state index is 0.0250. The second-order valence-electron chi connectivity index (χ2n) is 14.8. The summed E-state index contributed by atoms with van der Waals surface area (Å²) in [5, 5.41) is 5.40. The Labute approximate surface area is 324 Å². The average Bonchev–Trinajstić information content (AvgIpc) is 3.82. The van der Waals surface area contributed by atoms with Crippen molar-refractivity contribution in [2.45, 2.75) is 91.4 Å². The zero-order chi connectivity index (χ0) is 41.8. The number of hydrogen-bond donors (Lipinski definition) is 1. The quantitative estimate of drug-likeness (QED) is 0.0853. The molecule has 57 heavy (non-hydrogen) atoms. The molecule has 6 rings (SSSR count). The maximum atomic E-state index is 15.8. The van der Waals surface area contributed by atoms with Crippen LogP contribution in [-0.2, 0) is 58.1 Å². The molecule has 1 aliphatic rings. The largest absolute Gasteiger partial charge is 0.427 e. The molecule has 0 radical (unpaired) electrons. The van der Waals surface area contributed by atoms with Crippen molar-refractivity contribution in [1.82, 2.24) is 19.2 Å². The SMILES string of the molecule is CCc1cccc(CC)c1-n1nc2c(c1-c1ccc(F)c3c1ccn3C(=O)OCOC(=O)C(N)C(C)C)CN(Cc1ccc(C(F)(F)F)cc1C(F)(F)F)C2(C)C. The Morgan fingerprint density at radius 2 is 1.58 bits per heavy atom. The van der Waals surface area contributed by atoms with Crippen LogP contribution in [0.25, 0.3) is 27.8 Å². The Morgan fingerprint density at radius 3 is 2.18 bits per heavy atom. The number of ether oxygens (including phenoxy) is 2. The maximum absolute atomic E-state index is 15.8. The number of nitrogens with zero attached hydrogens (tertiary/aromatic N) is 4. The first-order valence-corrected chi connectivity index (χ1v) is 18.4. The number of benzene rings is 3. The fraction of sp³-hybridized carbons (Fsp3) is 0.390. The van der Waals surface area contributed by atoms with E-state index in [1.807, 2.05) is 32.0 Å². The summed E-state index contributed by atoms with van der Waals surface area (Å²) in [7, 11) is 0. The van der Waals surface area contributed by atoms with Gasteiger partial charge in [-0.15, -0.1) is 0 Å². The van der Waals surface area contributed by atoms with E-state index >= 15 is 4.39 Å².